The van der Waals surface area contributed by atoms with Gasteiger partial charge in [-0.3, -0.25) is 19.9 Å². The van der Waals surface area contributed by atoms with Gasteiger partial charge in [0.05, 0.1) is 36.3 Å². The predicted molar refractivity (Wildman–Crippen MR) is 149 cm³/mol. The van der Waals surface area contributed by atoms with Gasteiger partial charge in [0.2, 0.25) is 0 Å². The number of aliphatic hydroxyl groups is 1. The lowest BCUT2D eigenvalue weighted by atomic mass is 9.92. The Hall–Kier alpha value is -3.12. The molecule has 0 aliphatic carbocycles. The molecule has 0 spiro atoms. The fraction of sp³-hybridized carbons (Fsp3) is 0.448. The average molecular weight is 517 g/mol. The molecule has 8 heteroatoms. The molecule has 1 atom stereocenters. The minimum absolute atomic E-state index is 0.425. The number of nitrogens with zero attached hydrogens (tertiary/aromatic N) is 6. The highest BCUT2D eigenvalue weighted by Crippen LogP contribution is 2.28. The summed E-state index contributed by atoms with van der Waals surface area (Å²) in [6.45, 7) is 9.78. The second-order valence-electron chi connectivity index (χ2n) is 9.43. The smallest absolute Gasteiger partial charge is 0.113 e. The molecule has 1 unspecified atom stereocenters. The Balaban J connectivity index is 1.33. The summed E-state index contributed by atoms with van der Waals surface area (Å²) in [5, 5.41) is 19.7. The summed E-state index contributed by atoms with van der Waals surface area (Å²) in [4.78, 5) is 20.1. The van der Waals surface area contributed by atoms with Gasteiger partial charge in [-0.15, -0.1) is 11.3 Å². The number of piperidine rings is 1. The average Bonchev–Trinajstić information content (AvgIpc) is 3.45. The Morgan fingerprint density at radius 3 is 2.65 bits per heavy atom. The van der Waals surface area contributed by atoms with E-state index in [0.29, 0.717) is 17.9 Å². The number of likely N-dealkylation sites (tertiary alicyclic amines) is 1. The summed E-state index contributed by atoms with van der Waals surface area (Å²) >= 11 is 1.70. The number of aliphatic hydroxyl groups excluding tert-OH is 1. The van der Waals surface area contributed by atoms with Crippen LogP contribution in [0.4, 0.5) is 0 Å². The van der Waals surface area contributed by atoms with Gasteiger partial charge < -0.3 is 10.0 Å². The Bertz CT molecular complexity index is 1180. The number of aromatic nitrogens is 2. The molecule has 1 aliphatic rings. The summed E-state index contributed by atoms with van der Waals surface area (Å²) < 4.78 is 0. The van der Waals surface area contributed by atoms with E-state index in [1.165, 1.54) is 4.88 Å². The van der Waals surface area contributed by atoms with Gasteiger partial charge in [-0.05, 0) is 69.6 Å². The maximum Gasteiger partial charge on any atom is 0.113 e. The lowest BCUT2D eigenvalue weighted by Gasteiger charge is -2.34. The van der Waals surface area contributed by atoms with Gasteiger partial charge in [-0.1, -0.05) is 18.2 Å². The van der Waals surface area contributed by atoms with Crippen molar-refractivity contribution in [3.63, 3.8) is 0 Å². The van der Waals surface area contributed by atoms with E-state index in [-0.39, 0.29) is 0 Å². The molecule has 2 aromatic heterocycles. The molecule has 3 aromatic rings. The van der Waals surface area contributed by atoms with Crippen molar-refractivity contribution in [2.45, 2.75) is 51.7 Å². The van der Waals surface area contributed by atoms with Crippen molar-refractivity contribution in [1.82, 2.24) is 19.8 Å². The summed E-state index contributed by atoms with van der Waals surface area (Å²) in [5.74, 6) is 1.59. The Morgan fingerprint density at radius 2 is 2.00 bits per heavy atom. The largest absolute Gasteiger partial charge is 0.388 e. The van der Waals surface area contributed by atoms with Crippen LogP contribution in [-0.4, -0.2) is 63.4 Å². The Labute approximate surface area is 224 Å². The fourth-order valence-electron chi connectivity index (χ4n) is 4.85. The number of benzene rings is 1. The van der Waals surface area contributed by atoms with Gasteiger partial charge in [-0.25, -0.2) is 0 Å². The van der Waals surface area contributed by atoms with Crippen molar-refractivity contribution in [2.24, 2.45) is 4.99 Å². The van der Waals surface area contributed by atoms with Crippen LogP contribution in [0.5, 0.6) is 0 Å². The first kappa shape index (κ1) is 26.9. The molecular formula is C29H36N6OS. The third kappa shape index (κ3) is 7.45. The lowest BCUT2D eigenvalue weighted by molar-refractivity contribution is 0.177. The van der Waals surface area contributed by atoms with E-state index in [1.54, 1.807) is 23.5 Å². The molecular weight excluding hydrogens is 480 g/mol. The number of aliphatic imine (C=N–C) groups is 1. The Morgan fingerprint density at radius 1 is 1.22 bits per heavy atom. The maximum atomic E-state index is 10.7. The zero-order valence-corrected chi connectivity index (χ0v) is 22.6. The molecule has 0 saturated carbocycles. The molecule has 1 aliphatic heterocycles. The van der Waals surface area contributed by atoms with Crippen LogP contribution in [0, 0.1) is 11.3 Å². The van der Waals surface area contributed by atoms with E-state index in [1.807, 2.05) is 29.9 Å². The van der Waals surface area contributed by atoms with Crippen molar-refractivity contribution < 1.29 is 5.11 Å². The highest BCUT2D eigenvalue weighted by molar-refractivity contribution is 7.09. The van der Waals surface area contributed by atoms with Crippen LogP contribution in [0.1, 0.15) is 66.1 Å². The molecule has 1 saturated heterocycles. The van der Waals surface area contributed by atoms with Crippen molar-refractivity contribution in [2.75, 3.05) is 32.7 Å². The molecule has 194 valence electrons. The lowest BCUT2D eigenvalue weighted by Crippen LogP contribution is -2.43. The molecule has 0 bridgehead atoms. The summed E-state index contributed by atoms with van der Waals surface area (Å²) in [5.41, 5.74) is 5.31. The normalized spacial score (nSPS) is 15.9. The van der Waals surface area contributed by atoms with Gasteiger partial charge in [0, 0.05) is 47.9 Å². The van der Waals surface area contributed by atoms with Crippen molar-refractivity contribution >= 4 is 17.2 Å². The van der Waals surface area contributed by atoms with E-state index < -0.39 is 6.10 Å². The minimum Gasteiger partial charge on any atom is -0.388 e. The van der Waals surface area contributed by atoms with Crippen LogP contribution in [0.2, 0.25) is 0 Å². The molecule has 1 N–H and O–H groups in total. The highest BCUT2D eigenvalue weighted by atomic mass is 32.1. The minimum atomic E-state index is -0.639. The van der Waals surface area contributed by atoms with E-state index in [0.717, 1.165) is 74.9 Å². The molecule has 4 rings (SSSR count). The van der Waals surface area contributed by atoms with Gasteiger partial charge in [0.15, 0.2) is 0 Å². The third-order valence-corrected chi connectivity index (χ3v) is 7.71. The number of likely N-dealkylation sites (N-methyl/N-ethyl adjacent to an activating group) is 1. The van der Waals surface area contributed by atoms with E-state index >= 15 is 0 Å². The maximum absolute atomic E-state index is 10.7. The highest BCUT2D eigenvalue weighted by Gasteiger charge is 2.24. The molecule has 0 radical (unpaired) electrons. The van der Waals surface area contributed by atoms with Crippen molar-refractivity contribution in [1.29, 1.82) is 5.26 Å². The standard InChI is InChI=1S/C29H36N6OS/c1-3-32-29(35(4-2)19-26-18-31-21-37-26)20-34-14-12-23(13-15-34)27-7-5-6-25(33-27)16-28(36)24-10-8-22(17-30)9-11-24/h5-11,18,21,23,28,36H,3-4,12-16,19-20H2,1-2H3. The van der Waals surface area contributed by atoms with Crippen LogP contribution in [0.15, 0.2) is 59.2 Å². The van der Waals surface area contributed by atoms with E-state index in [2.05, 4.69) is 46.8 Å². The van der Waals surface area contributed by atoms with Crippen LogP contribution >= 0.6 is 11.3 Å². The Kier molecular flexibility index (Phi) is 9.78. The number of nitriles is 1. The van der Waals surface area contributed by atoms with Gasteiger partial charge >= 0.3 is 0 Å². The van der Waals surface area contributed by atoms with Crippen LogP contribution in [-0.2, 0) is 13.0 Å². The van der Waals surface area contributed by atoms with Crippen molar-refractivity contribution in [3.8, 4) is 6.07 Å². The van der Waals surface area contributed by atoms with Gasteiger partial charge in [0.1, 0.15) is 5.84 Å². The SMILES string of the molecule is CCN=C(CN1CCC(c2cccc(CC(O)c3ccc(C#N)cc3)n2)CC1)N(CC)Cc1cncs1. The molecule has 0 amide bonds. The van der Waals surface area contributed by atoms with Crippen LogP contribution in [0.25, 0.3) is 0 Å². The zero-order valence-electron chi connectivity index (χ0n) is 21.8. The first-order valence-electron chi connectivity index (χ1n) is 13.1. The number of pyridine rings is 1. The summed E-state index contributed by atoms with van der Waals surface area (Å²) in [6, 6.07) is 15.4. The quantitative estimate of drug-likeness (QED) is 0.307. The van der Waals surface area contributed by atoms with Crippen LogP contribution < -0.4 is 0 Å². The third-order valence-electron chi connectivity index (χ3n) is 6.94. The predicted octanol–water partition coefficient (Wildman–Crippen LogP) is 4.81. The first-order chi connectivity index (χ1) is 18.1. The second-order valence-corrected chi connectivity index (χ2v) is 10.4. The second kappa shape index (κ2) is 13.4. The monoisotopic (exact) mass is 516 g/mol. The zero-order chi connectivity index (χ0) is 26.0. The number of hydrogen-bond donors (Lipinski definition) is 1. The van der Waals surface area contributed by atoms with Crippen LogP contribution in [0.3, 0.4) is 0 Å². The van der Waals surface area contributed by atoms with E-state index in [4.69, 9.17) is 15.2 Å². The molecule has 1 fully saturated rings. The van der Waals surface area contributed by atoms with E-state index in [9.17, 15) is 5.11 Å². The topological polar surface area (TPSA) is 88.6 Å². The molecule has 3 heterocycles. The number of hydrogen-bond acceptors (Lipinski definition) is 7. The number of amidine groups is 1. The molecule has 37 heavy (non-hydrogen) atoms. The molecule has 7 nitrogen and oxygen atoms in total. The van der Waals surface area contributed by atoms with Crippen molar-refractivity contribution in [3.05, 3.63) is 81.6 Å². The van der Waals surface area contributed by atoms with Gasteiger partial charge in [-0.2, -0.15) is 5.26 Å². The number of thiazole rings is 1. The summed E-state index contributed by atoms with van der Waals surface area (Å²) in [6.07, 6.45) is 3.90. The van der Waals surface area contributed by atoms with Gasteiger partial charge in [0.25, 0.3) is 0 Å². The summed E-state index contributed by atoms with van der Waals surface area (Å²) in [7, 11) is 0. The number of rotatable bonds is 10. The first-order valence-corrected chi connectivity index (χ1v) is 14.0. The molecule has 1 aromatic carbocycles. The fourth-order valence-corrected chi connectivity index (χ4v) is 5.46.